The van der Waals surface area contributed by atoms with E-state index in [1.54, 1.807) is 0 Å². The molecule has 0 saturated heterocycles. The van der Waals surface area contributed by atoms with Crippen LogP contribution in [-0.4, -0.2) is 43.8 Å². The SMILES string of the molecule is O[C@H]([C@@H](O)C(O)(C1CCCCC1)C1CCCCC1)C(O)(C1CCCCC1)C1CCCCC1. The van der Waals surface area contributed by atoms with Crippen molar-refractivity contribution < 1.29 is 20.4 Å². The van der Waals surface area contributed by atoms with Crippen molar-refractivity contribution in [3.63, 3.8) is 0 Å². The molecule has 0 amide bonds. The molecule has 4 fully saturated rings. The molecule has 0 aromatic heterocycles. The van der Waals surface area contributed by atoms with Gasteiger partial charge in [-0.05, 0) is 75.0 Å². The van der Waals surface area contributed by atoms with Crippen LogP contribution in [0.15, 0.2) is 0 Å². The average Bonchev–Trinajstić information content (AvgIpc) is 2.89. The Balaban J connectivity index is 1.65. The van der Waals surface area contributed by atoms with Crippen molar-refractivity contribution >= 4 is 0 Å². The van der Waals surface area contributed by atoms with Crippen LogP contribution in [0.1, 0.15) is 128 Å². The topological polar surface area (TPSA) is 80.9 Å². The van der Waals surface area contributed by atoms with Crippen LogP contribution in [0.2, 0.25) is 0 Å². The molecule has 4 aliphatic rings. The maximum atomic E-state index is 12.3. The Morgan fingerprint density at radius 1 is 0.375 bits per heavy atom. The molecule has 0 aromatic carbocycles. The molecule has 0 heterocycles. The summed E-state index contributed by atoms with van der Waals surface area (Å²) in [5, 5.41) is 48.4. The van der Waals surface area contributed by atoms with Crippen molar-refractivity contribution in [2.24, 2.45) is 23.7 Å². The Kier molecular flexibility index (Phi) is 8.62. The first-order chi connectivity index (χ1) is 15.5. The van der Waals surface area contributed by atoms with E-state index in [-0.39, 0.29) is 23.7 Å². The van der Waals surface area contributed by atoms with Crippen molar-refractivity contribution in [1.29, 1.82) is 0 Å². The van der Waals surface area contributed by atoms with Gasteiger partial charge in [-0.1, -0.05) is 77.0 Å². The van der Waals surface area contributed by atoms with Gasteiger partial charge < -0.3 is 20.4 Å². The lowest BCUT2D eigenvalue weighted by molar-refractivity contribution is -0.252. The number of rotatable bonds is 7. The average molecular weight is 451 g/mol. The summed E-state index contributed by atoms with van der Waals surface area (Å²) in [5.41, 5.74) is -2.56. The zero-order valence-electron chi connectivity index (χ0n) is 20.4. The predicted molar refractivity (Wildman–Crippen MR) is 128 cm³/mol. The highest BCUT2D eigenvalue weighted by Crippen LogP contribution is 2.50. The summed E-state index contributed by atoms with van der Waals surface area (Å²) in [6.07, 6.45) is 18.5. The van der Waals surface area contributed by atoms with Gasteiger partial charge in [0.1, 0.15) is 12.2 Å². The van der Waals surface area contributed by atoms with Crippen LogP contribution in [0.4, 0.5) is 0 Å². The molecule has 0 radical (unpaired) electrons. The van der Waals surface area contributed by atoms with E-state index < -0.39 is 23.4 Å². The summed E-state index contributed by atoms with van der Waals surface area (Å²) < 4.78 is 0. The second kappa shape index (κ2) is 11.1. The highest BCUT2D eigenvalue weighted by Gasteiger charge is 2.59. The molecule has 0 spiro atoms. The van der Waals surface area contributed by atoms with Crippen molar-refractivity contribution in [2.75, 3.05) is 0 Å². The Hall–Kier alpha value is -0.160. The maximum Gasteiger partial charge on any atom is 0.112 e. The van der Waals surface area contributed by atoms with Crippen LogP contribution in [0, 0.1) is 23.7 Å². The van der Waals surface area contributed by atoms with Gasteiger partial charge in [0.15, 0.2) is 0 Å². The van der Waals surface area contributed by atoms with E-state index >= 15 is 0 Å². The molecule has 4 heteroatoms. The van der Waals surface area contributed by atoms with E-state index in [0.29, 0.717) is 0 Å². The maximum absolute atomic E-state index is 12.3. The lowest BCUT2D eigenvalue weighted by atomic mass is 9.58. The fraction of sp³-hybridized carbons (Fsp3) is 1.00. The van der Waals surface area contributed by atoms with Gasteiger partial charge in [-0.3, -0.25) is 0 Å². The smallest absolute Gasteiger partial charge is 0.112 e. The van der Waals surface area contributed by atoms with Gasteiger partial charge in [0, 0.05) is 0 Å². The van der Waals surface area contributed by atoms with E-state index in [1.165, 1.54) is 25.7 Å². The highest BCUT2D eigenvalue weighted by molar-refractivity contribution is 5.09. The second-order valence-electron chi connectivity index (χ2n) is 12.0. The van der Waals surface area contributed by atoms with Gasteiger partial charge in [-0.15, -0.1) is 0 Å². The summed E-state index contributed by atoms with van der Waals surface area (Å²) in [4.78, 5) is 0. The third kappa shape index (κ3) is 4.81. The molecule has 4 rings (SSSR count). The van der Waals surface area contributed by atoms with Crippen molar-refractivity contribution in [2.45, 2.75) is 152 Å². The van der Waals surface area contributed by atoms with Crippen molar-refractivity contribution in [3.05, 3.63) is 0 Å². The zero-order valence-corrected chi connectivity index (χ0v) is 20.4. The Labute approximate surface area is 196 Å². The summed E-state index contributed by atoms with van der Waals surface area (Å²) in [7, 11) is 0. The van der Waals surface area contributed by atoms with Gasteiger partial charge in [0.05, 0.1) is 11.2 Å². The van der Waals surface area contributed by atoms with Crippen LogP contribution in [0.25, 0.3) is 0 Å². The van der Waals surface area contributed by atoms with Gasteiger partial charge in [-0.25, -0.2) is 0 Å². The Bertz CT molecular complexity index is 468. The predicted octanol–water partition coefficient (Wildman–Crippen LogP) is 5.49. The van der Waals surface area contributed by atoms with Crippen LogP contribution >= 0.6 is 0 Å². The van der Waals surface area contributed by atoms with Gasteiger partial charge >= 0.3 is 0 Å². The second-order valence-corrected chi connectivity index (χ2v) is 12.0. The third-order valence-corrected chi connectivity index (χ3v) is 10.3. The van der Waals surface area contributed by atoms with Crippen molar-refractivity contribution in [3.8, 4) is 0 Å². The van der Waals surface area contributed by atoms with Crippen LogP contribution in [0.3, 0.4) is 0 Å². The lowest BCUT2D eigenvalue weighted by Gasteiger charge is -2.54. The normalized spacial score (nSPS) is 28.5. The number of hydrogen-bond donors (Lipinski definition) is 4. The molecule has 0 unspecified atom stereocenters. The van der Waals surface area contributed by atoms with Gasteiger partial charge in [0.2, 0.25) is 0 Å². The van der Waals surface area contributed by atoms with Crippen LogP contribution in [-0.2, 0) is 0 Å². The Morgan fingerprint density at radius 3 is 0.750 bits per heavy atom. The Morgan fingerprint density at radius 2 is 0.562 bits per heavy atom. The van der Waals surface area contributed by atoms with Crippen molar-refractivity contribution in [1.82, 2.24) is 0 Å². The van der Waals surface area contributed by atoms with Gasteiger partial charge in [0.25, 0.3) is 0 Å². The molecule has 0 bridgehead atoms. The molecule has 4 aliphatic carbocycles. The summed E-state index contributed by atoms with van der Waals surface area (Å²) >= 11 is 0. The van der Waals surface area contributed by atoms with E-state index in [0.717, 1.165) is 103 Å². The fourth-order valence-corrected chi connectivity index (χ4v) is 8.40. The van der Waals surface area contributed by atoms with E-state index in [2.05, 4.69) is 0 Å². The molecular weight excluding hydrogens is 400 g/mol. The minimum atomic E-state index is -1.28. The quantitative estimate of drug-likeness (QED) is 0.413. The summed E-state index contributed by atoms with van der Waals surface area (Å²) in [6.45, 7) is 0. The largest absolute Gasteiger partial charge is 0.387 e. The first-order valence-electron chi connectivity index (χ1n) is 14.3. The standard InChI is InChI=1S/C28H50O4/c29-25(27(31,21-13-5-1-6-14-21)22-15-7-2-8-16-22)26(30)28(32,23-17-9-3-10-18-23)24-19-11-4-12-20-24/h21-26,29-32H,1-20H2/t25-,26-/m1/s1. The first-order valence-corrected chi connectivity index (χ1v) is 14.3. The molecule has 0 aliphatic heterocycles. The van der Waals surface area contributed by atoms with E-state index in [4.69, 9.17) is 0 Å². The van der Waals surface area contributed by atoms with Gasteiger partial charge in [-0.2, -0.15) is 0 Å². The molecule has 2 atom stereocenters. The molecule has 32 heavy (non-hydrogen) atoms. The van der Waals surface area contributed by atoms with Crippen LogP contribution < -0.4 is 0 Å². The molecule has 4 N–H and O–H groups in total. The number of hydrogen-bond acceptors (Lipinski definition) is 4. The summed E-state index contributed by atoms with van der Waals surface area (Å²) in [6, 6.07) is 0. The summed E-state index contributed by atoms with van der Waals surface area (Å²) in [5.74, 6) is 0.133. The molecule has 0 aromatic rings. The third-order valence-electron chi connectivity index (χ3n) is 10.3. The minimum Gasteiger partial charge on any atom is -0.387 e. The molecule has 4 nitrogen and oxygen atoms in total. The molecule has 186 valence electrons. The number of aliphatic hydroxyl groups excluding tert-OH is 2. The number of aliphatic hydroxyl groups is 4. The fourth-order valence-electron chi connectivity index (χ4n) is 8.40. The molecule has 4 saturated carbocycles. The lowest BCUT2D eigenvalue weighted by Crippen LogP contribution is -2.67. The highest BCUT2D eigenvalue weighted by atomic mass is 16.4. The monoisotopic (exact) mass is 450 g/mol. The van der Waals surface area contributed by atoms with E-state index in [9.17, 15) is 20.4 Å². The first kappa shape index (κ1) is 24.9. The molecular formula is C28H50O4. The van der Waals surface area contributed by atoms with Crippen LogP contribution in [0.5, 0.6) is 0 Å². The minimum absolute atomic E-state index is 0.0333. The zero-order chi connectivity index (χ0) is 22.6. The van der Waals surface area contributed by atoms with E-state index in [1.807, 2.05) is 0 Å².